The van der Waals surface area contributed by atoms with E-state index in [9.17, 15) is 14.4 Å². The maximum Gasteiger partial charge on any atom is 0.256 e. The normalized spacial score (nSPS) is 19.5. The zero-order chi connectivity index (χ0) is 19.6. The summed E-state index contributed by atoms with van der Waals surface area (Å²) in [5.41, 5.74) is 1.69. The number of aromatic nitrogens is 2. The Hall–Kier alpha value is -2.90. The van der Waals surface area contributed by atoms with Crippen LogP contribution in [0.2, 0.25) is 0 Å². The van der Waals surface area contributed by atoms with E-state index in [1.54, 1.807) is 24.7 Å². The Labute approximate surface area is 156 Å². The lowest BCUT2D eigenvalue weighted by atomic mass is 9.90. The molecule has 3 rings (SSSR count). The van der Waals surface area contributed by atoms with E-state index in [0.717, 1.165) is 31.4 Å². The minimum Gasteiger partial charge on any atom is -0.364 e. The molecule has 0 aliphatic heterocycles. The van der Waals surface area contributed by atoms with Crippen molar-refractivity contribution in [2.75, 3.05) is 0 Å². The van der Waals surface area contributed by atoms with Crippen LogP contribution in [-0.4, -0.2) is 33.6 Å². The summed E-state index contributed by atoms with van der Waals surface area (Å²) in [5, 5.41) is 9.64. The van der Waals surface area contributed by atoms with E-state index in [0.29, 0.717) is 11.3 Å². The fourth-order valence-electron chi connectivity index (χ4n) is 3.32. The molecule has 0 spiro atoms. The van der Waals surface area contributed by atoms with Crippen LogP contribution in [0.1, 0.15) is 57.8 Å². The molecule has 2 aromatic heterocycles. The van der Waals surface area contributed by atoms with Gasteiger partial charge >= 0.3 is 0 Å². The maximum absolute atomic E-state index is 12.4. The number of nitrogens with zero attached hydrogens (tertiary/aromatic N) is 2. The highest BCUT2D eigenvalue weighted by atomic mass is 16.5. The number of amides is 2. The lowest BCUT2D eigenvalue weighted by Gasteiger charge is -2.29. The van der Waals surface area contributed by atoms with Crippen molar-refractivity contribution in [3.05, 3.63) is 51.3 Å². The Morgan fingerprint density at radius 1 is 1.07 bits per heavy atom. The second-order valence-electron chi connectivity index (χ2n) is 7.11. The molecule has 1 fully saturated rings. The van der Waals surface area contributed by atoms with Crippen LogP contribution < -0.4 is 16.1 Å². The number of pyridine rings is 1. The fourth-order valence-corrected chi connectivity index (χ4v) is 3.32. The van der Waals surface area contributed by atoms with E-state index in [1.807, 2.05) is 6.92 Å². The number of carbonyl (C=O) groups is 2. The van der Waals surface area contributed by atoms with Crippen molar-refractivity contribution < 1.29 is 14.1 Å². The molecule has 0 radical (unpaired) electrons. The van der Waals surface area contributed by atoms with Gasteiger partial charge < -0.3 is 19.7 Å². The van der Waals surface area contributed by atoms with Crippen molar-refractivity contribution in [3.8, 4) is 0 Å². The predicted octanol–water partition coefficient (Wildman–Crippen LogP) is 1.46. The van der Waals surface area contributed by atoms with Crippen LogP contribution in [0.25, 0.3) is 0 Å². The molecule has 0 atom stereocenters. The van der Waals surface area contributed by atoms with Gasteiger partial charge in [-0.3, -0.25) is 14.4 Å². The Morgan fingerprint density at radius 2 is 1.63 bits per heavy atom. The minimum absolute atomic E-state index is 0.00557. The van der Waals surface area contributed by atoms with Gasteiger partial charge in [0.2, 0.25) is 0 Å². The third-order valence-electron chi connectivity index (χ3n) is 5.12. The van der Waals surface area contributed by atoms with Crippen LogP contribution in [0, 0.1) is 13.8 Å². The molecule has 2 aromatic rings. The van der Waals surface area contributed by atoms with E-state index in [-0.39, 0.29) is 34.9 Å². The van der Waals surface area contributed by atoms with Gasteiger partial charge in [0.15, 0.2) is 5.43 Å². The lowest BCUT2D eigenvalue weighted by molar-refractivity contribution is 0.0890. The summed E-state index contributed by atoms with van der Waals surface area (Å²) in [6, 6.07) is 1.51. The van der Waals surface area contributed by atoms with Gasteiger partial charge in [-0.15, -0.1) is 0 Å². The average Bonchev–Trinajstić information content (AvgIpc) is 3.06. The van der Waals surface area contributed by atoms with Gasteiger partial charge in [0, 0.05) is 37.1 Å². The number of hydrogen-bond acceptors (Lipinski definition) is 5. The molecule has 0 bridgehead atoms. The number of aryl methyl sites for hydroxylation is 3. The van der Waals surface area contributed by atoms with Gasteiger partial charge in [-0.05, 0) is 39.5 Å². The topological polar surface area (TPSA) is 106 Å². The molecule has 1 aliphatic rings. The summed E-state index contributed by atoms with van der Waals surface area (Å²) < 4.78 is 6.56. The zero-order valence-corrected chi connectivity index (χ0v) is 15.7. The van der Waals surface area contributed by atoms with Gasteiger partial charge in [-0.25, -0.2) is 0 Å². The van der Waals surface area contributed by atoms with Gasteiger partial charge in [-0.2, -0.15) is 0 Å². The Balaban J connectivity index is 1.53. The molecule has 1 aliphatic carbocycles. The van der Waals surface area contributed by atoms with Crippen LogP contribution in [0.3, 0.4) is 0 Å². The van der Waals surface area contributed by atoms with Crippen molar-refractivity contribution in [1.82, 2.24) is 20.4 Å². The van der Waals surface area contributed by atoms with E-state index in [4.69, 9.17) is 4.52 Å². The molecule has 2 heterocycles. The lowest BCUT2D eigenvalue weighted by Crippen LogP contribution is -2.44. The first-order valence-electron chi connectivity index (χ1n) is 9.05. The van der Waals surface area contributed by atoms with Crippen molar-refractivity contribution in [3.63, 3.8) is 0 Å². The van der Waals surface area contributed by atoms with E-state index < -0.39 is 0 Å². The second kappa shape index (κ2) is 7.77. The summed E-state index contributed by atoms with van der Waals surface area (Å²) in [4.78, 5) is 36.7. The van der Waals surface area contributed by atoms with Gasteiger partial charge in [0.1, 0.15) is 17.4 Å². The molecule has 8 nitrogen and oxygen atoms in total. The fraction of sp³-hybridized carbons (Fsp3) is 0.474. The molecule has 27 heavy (non-hydrogen) atoms. The molecule has 0 unspecified atom stereocenters. The molecule has 144 valence electrons. The molecule has 2 amide bonds. The molecular weight excluding hydrogens is 348 g/mol. The zero-order valence-electron chi connectivity index (χ0n) is 15.7. The highest BCUT2D eigenvalue weighted by Gasteiger charge is 2.25. The van der Waals surface area contributed by atoms with Crippen molar-refractivity contribution >= 4 is 11.8 Å². The number of hydrogen-bond donors (Lipinski definition) is 2. The predicted molar refractivity (Wildman–Crippen MR) is 98.6 cm³/mol. The summed E-state index contributed by atoms with van der Waals surface area (Å²) in [6.45, 7) is 3.54. The van der Waals surface area contributed by atoms with Crippen LogP contribution in [0.15, 0.2) is 27.8 Å². The average molecular weight is 372 g/mol. The van der Waals surface area contributed by atoms with Gasteiger partial charge in [0.05, 0.1) is 5.69 Å². The Morgan fingerprint density at radius 3 is 2.15 bits per heavy atom. The van der Waals surface area contributed by atoms with Crippen LogP contribution in [-0.2, 0) is 7.05 Å². The maximum atomic E-state index is 12.4. The SMILES string of the molecule is Cc1nocc1C(=O)NC1CCC(NC(=O)c2cn(C)c(C)cc2=O)CC1. The highest BCUT2D eigenvalue weighted by Crippen LogP contribution is 2.20. The third kappa shape index (κ3) is 4.27. The quantitative estimate of drug-likeness (QED) is 0.845. The van der Waals surface area contributed by atoms with Crippen LogP contribution >= 0.6 is 0 Å². The van der Waals surface area contributed by atoms with E-state index >= 15 is 0 Å². The number of rotatable bonds is 4. The van der Waals surface area contributed by atoms with Crippen LogP contribution in [0.4, 0.5) is 0 Å². The highest BCUT2D eigenvalue weighted by molar-refractivity contribution is 5.95. The molecule has 0 aromatic carbocycles. The standard InChI is InChI=1S/C19H24N4O4/c1-11-8-17(24)15(9-23(11)3)18(25)20-13-4-6-14(7-5-13)21-19(26)16-10-27-22-12(16)2/h8-10,13-14H,4-7H2,1-3H3,(H,20,25)(H,21,26). The first kappa shape index (κ1) is 18.9. The van der Waals surface area contributed by atoms with Crippen molar-refractivity contribution in [2.45, 2.75) is 51.6 Å². The second-order valence-corrected chi connectivity index (χ2v) is 7.11. The first-order chi connectivity index (χ1) is 12.8. The number of nitrogens with one attached hydrogen (secondary N) is 2. The monoisotopic (exact) mass is 372 g/mol. The first-order valence-corrected chi connectivity index (χ1v) is 9.05. The molecular formula is C19H24N4O4. The largest absolute Gasteiger partial charge is 0.364 e. The van der Waals surface area contributed by atoms with Crippen molar-refractivity contribution in [2.24, 2.45) is 7.05 Å². The Kier molecular flexibility index (Phi) is 5.43. The Bertz CT molecular complexity index is 907. The third-order valence-corrected chi connectivity index (χ3v) is 5.12. The summed E-state index contributed by atoms with van der Waals surface area (Å²) in [5.74, 6) is -0.535. The van der Waals surface area contributed by atoms with E-state index in [2.05, 4.69) is 15.8 Å². The summed E-state index contributed by atoms with van der Waals surface area (Å²) in [7, 11) is 1.80. The van der Waals surface area contributed by atoms with Gasteiger partial charge in [0.25, 0.3) is 11.8 Å². The molecule has 0 saturated heterocycles. The summed E-state index contributed by atoms with van der Waals surface area (Å²) in [6.07, 6.45) is 5.91. The molecule has 2 N–H and O–H groups in total. The summed E-state index contributed by atoms with van der Waals surface area (Å²) >= 11 is 0. The molecule has 8 heteroatoms. The minimum atomic E-state index is -0.344. The number of carbonyl (C=O) groups excluding carboxylic acids is 2. The van der Waals surface area contributed by atoms with Crippen LogP contribution in [0.5, 0.6) is 0 Å². The smallest absolute Gasteiger partial charge is 0.256 e. The van der Waals surface area contributed by atoms with Crippen molar-refractivity contribution in [1.29, 1.82) is 0 Å². The molecule has 1 saturated carbocycles. The van der Waals surface area contributed by atoms with Gasteiger partial charge in [-0.1, -0.05) is 5.16 Å². The van der Waals surface area contributed by atoms with E-state index in [1.165, 1.54) is 12.3 Å².